The minimum Gasteiger partial charge on any atom is -0.497 e. The number of aromatic nitrogens is 1. The molecular formula is C27H23F3N2O5S. The standard InChI is InChI=1S/C27H23F3N2O5S/c1-3-36-26(33)23-16-31-24-15-19(27(28,29)30)9-14-22(24)25(23)32(17-18-7-5-4-6-8-18)38(34)37-21-12-10-20(35-2)11-13-21/h4-16H,3,17H2,1-2H3. The molecule has 3 aromatic carbocycles. The summed E-state index contributed by atoms with van der Waals surface area (Å²) in [6, 6.07) is 18.3. The highest BCUT2D eigenvalue weighted by atomic mass is 32.2. The van der Waals surface area contributed by atoms with Gasteiger partial charge in [-0.1, -0.05) is 36.4 Å². The highest BCUT2D eigenvalue weighted by Crippen LogP contribution is 2.37. The molecule has 1 unspecified atom stereocenters. The van der Waals surface area contributed by atoms with Crippen molar-refractivity contribution in [2.45, 2.75) is 19.6 Å². The van der Waals surface area contributed by atoms with E-state index in [1.807, 2.05) is 6.07 Å². The molecule has 11 heteroatoms. The molecule has 0 N–H and O–H groups in total. The molecule has 1 atom stereocenters. The summed E-state index contributed by atoms with van der Waals surface area (Å²) in [6.07, 6.45) is -3.47. The lowest BCUT2D eigenvalue weighted by Gasteiger charge is -2.26. The molecule has 0 saturated heterocycles. The van der Waals surface area contributed by atoms with Crippen molar-refractivity contribution in [2.75, 3.05) is 18.0 Å². The van der Waals surface area contributed by atoms with Crippen LogP contribution in [0.4, 0.5) is 18.9 Å². The molecule has 0 bridgehead atoms. The van der Waals surface area contributed by atoms with E-state index in [2.05, 4.69) is 4.98 Å². The maximum Gasteiger partial charge on any atom is 0.416 e. The topological polar surface area (TPSA) is 78.0 Å². The van der Waals surface area contributed by atoms with Crippen molar-refractivity contribution in [3.63, 3.8) is 0 Å². The fraction of sp³-hybridized carbons (Fsp3) is 0.185. The first kappa shape index (κ1) is 26.9. The highest BCUT2D eigenvalue weighted by Gasteiger charge is 2.32. The van der Waals surface area contributed by atoms with Crippen LogP contribution in [0.5, 0.6) is 11.5 Å². The number of fused-ring (bicyclic) bond motifs is 1. The van der Waals surface area contributed by atoms with Crippen LogP contribution in [0.25, 0.3) is 10.9 Å². The number of ether oxygens (including phenoxy) is 2. The lowest BCUT2D eigenvalue weighted by Crippen LogP contribution is -2.30. The van der Waals surface area contributed by atoms with Gasteiger partial charge in [0.1, 0.15) is 17.1 Å². The number of hydrogen-bond acceptors (Lipinski definition) is 6. The summed E-state index contributed by atoms with van der Waals surface area (Å²) in [5, 5.41) is 0.172. The zero-order valence-electron chi connectivity index (χ0n) is 20.4. The molecule has 0 aliphatic carbocycles. The molecule has 7 nitrogen and oxygen atoms in total. The fourth-order valence-electron chi connectivity index (χ4n) is 3.70. The van der Waals surface area contributed by atoms with Gasteiger partial charge in [0.15, 0.2) is 0 Å². The first-order valence-electron chi connectivity index (χ1n) is 11.4. The number of alkyl halides is 3. The molecule has 0 radical (unpaired) electrons. The van der Waals surface area contributed by atoms with E-state index in [-0.39, 0.29) is 41.1 Å². The van der Waals surface area contributed by atoms with E-state index in [0.29, 0.717) is 11.3 Å². The summed E-state index contributed by atoms with van der Waals surface area (Å²) in [7, 11) is 1.51. The van der Waals surface area contributed by atoms with Crippen molar-refractivity contribution in [1.29, 1.82) is 0 Å². The molecule has 1 heterocycles. The van der Waals surface area contributed by atoms with Crippen LogP contribution in [0.3, 0.4) is 0 Å². The quantitative estimate of drug-likeness (QED) is 0.237. The number of esters is 1. The van der Waals surface area contributed by atoms with Gasteiger partial charge in [-0.05, 0) is 48.9 Å². The number of rotatable bonds is 9. The van der Waals surface area contributed by atoms with Gasteiger partial charge in [-0.2, -0.15) is 17.4 Å². The van der Waals surface area contributed by atoms with Gasteiger partial charge in [0.25, 0.3) is 0 Å². The molecule has 0 aliphatic rings. The Morgan fingerprint density at radius 3 is 2.32 bits per heavy atom. The van der Waals surface area contributed by atoms with Crippen LogP contribution in [0.1, 0.15) is 28.4 Å². The zero-order valence-corrected chi connectivity index (χ0v) is 21.2. The Labute approximate surface area is 219 Å². The number of anilines is 1. The average Bonchev–Trinajstić information content (AvgIpc) is 2.91. The van der Waals surface area contributed by atoms with E-state index < -0.39 is 29.0 Å². The van der Waals surface area contributed by atoms with E-state index in [0.717, 1.165) is 18.3 Å². The third-order valence-electron chi connectivity index (χ3n) is 5.49. The van der Waals surface area contributed by atoms with Crippen LogP contribution >= 0.6 is 0 Å². The number of pyridine rings is 1. The summed E-state index contributed by atoms with van der Waals surface area (Å²) in [4.78, 5) is 17.0. The molecule has 0 aliphatic heterocycles. The van der Waals surface area contributed by atoms with Crippen LogP contribution in [0.15, 0.2) is 79.0 Å². The monoisotopic (exact) mass is 544 g/mol. The first-order chi connectivity index (χ1) is 18.2. The predicted octanol–water partition coefficient (Wildman–Crippen LogP) is 6.10. The van der Waals surface area contributed by atoms with Crippen LogP contribution in [0.2, 0.25) is 0 Å². The summed E-state index contributed by atoms with van der Waals surface area (Å²) in [5.41, 5.74) is -0.231. The first-order valence-corrected chi connectivity index (χ1v) is 12.5. The van der Waals surface area contributed by atoms with Crippen LogP contribution in [-0.4, -0.2) is 28.9 Å². The van der Waals surface area contributed by atoms with E-state index in [1.165, 1.54) is 17.5 Å². The molecule has 1 aromatic heterocycles. The minimum absolute atomic E-state index is 0.00382. The van der Waals surface area contributed by atoms with Crippen molar-refractivity contribution in [3.05, 3.63) is 95.7 Å². The molecule has 38 heavy (non-hydrogen) atoms. The summed E-state index contributed by atoms with van der Waals surface area (Å²) >= 11 is -2.24. The fourth-order valence-corrected chi connectivity index (χ4v) is 4.66. The Bertz CT molecular complexity index is 1450. The van der Waals surface area contributed by atoms with Crippen molar-refractivity contribution in [1.82, 2.24) is 4.98 Å². The highest BCUT2D eigenvalue weighted by molar-refractivity contribution is 7.82. The van der Waals surface area contributed by atoms with Gasteiger partial charge in [0, 0.05) is 11.6 Å². The molecule has 0 amide bonds. The van der Waals surface area contributed by atoms with Gasteiger partial charge in [-0.15, -0.1) is 0 Å². The Balaban J connectivity index is 1.88. The lowest BCUT2D eigenvalue weighted by molar-refractivity contribution is -0.137. The van der Waals surface area contributed by atoms with Gasteiger partial charge in [-0.3, -0.25) is 9.29 Å². The molecule has 4 rings (SSSR count). The number of hydrogen-bond donors (Lipinski definition) is 0. The van der Waals surface area contributed by atoms with Gasteiger partial charge >= 0.3 is 23.4 Å². The second kappa shape index (κ2) is 11.5. The molecule has 0 saturated carbocycles. The molecular weight excluding hydrogens is 521 g/mol. The Kier molecular flexibility index (Phi) is 8.16. The van der Waals surface area contributed by atoms with Crippen LogP contribution < -0.4 is 13.2 Å². The molecule has 4 aromatic rings. The van der Waals surface area contributed by atoms with Crippen LogP contribution in [-0.2, 0) is 28.7 Å². The van der Waals surface area contributed by atoms with Crippen molar-refractivity contribution >= 4 is 33.8 Å². The zero-order chi connectivity index (χ0) is 27.3. The number of benzene rings is 3. The van der Waals surface area contributed by atoms with Gasteiger partial charge in [0.05, 0.1) is 37.0 Å². The van der Waals surface area contributed by atoms with Crippen molar-refractivity contribution in [2.24, 2.45) is 0 Å². The molecule has 0 spiro atoms. The second-order valence-corrected chi connectivity index (χ2v) is 9.01. The Morgan fingerprint density at radius 2 is 1.68 bits per heavy atom. The van der Waals surface area contributed by atoms with Crippen LogP contribution in [0, 0.1) is 0 Å². The SMILES string of the molecule is CCOC(=O)c1cnc2cc(C(F)(F)F)ccc2c1N(Cc1ccccc1)S(=O)Oc1ccc(OC)cc1. The van der Waals surface area contributed by atoms with E-state index >= 15 is 0 Å². The normalized spacial score (nSPS) is 12.1. The Morgan fingerprint density at radius 1 is 1.00 bits per heavy atom. The smallest absolute Gasteiger partial charge is 0.416 e. The van der Waals surface area contributed by atoms with E-state index in [9.17, 15) is 22.2 Å². The third-order valence-corrected chi connectivity index (χ3v) is 6.50. The number of nitrogens with zero attached hydrogens (tertiary/aromatic N) is 2. The summed E-state index contributed by atoms with van der Waals surface area (Å²) < 4.78 is 71.2. The van der Waals surface area contributed by atoms with Crippen molar-refractivity contribution in [3.8, 4) is 11.5 Å². The van der Waals surface area contributed by atoms with E-state index in [4.69, 9.17) is 13.7 Å². The second-order valence-electron chi connectivity index (χ2n) is 7.97. The number of methoxy groups -OCH3 is 1. The summed E-state index contributed by atoms with van der Waals surface area (Å²) in [5.74, 6) is 0.0448. The number of carbonyl (C=O) groups is 1. The van der Waals surface area contributed by atoms with Gasteiger partial charge in [-0.25, -0.2) is 4.79 Å². The molecule has 0 fully saturated rings. The number of carbonyl (C=O) groups excluding carboxylic acids is 1. The molecule has 198 valence electrons. The minimum atomic E-state index is -4.60. The summed E-state index contributed by atoms with van der Waals surface area (Å²) in [6.45, 7) is 1.66. The Hall–Kier alpha value is -4.12. The lowest BCUT2D eigenvalue weighted by atomic mass is 10.1. The average molecular weight is 545 g/mol. The largest absolute Gasteiger partial charge is 0.497 e. The third kappa shape index (κ3) is 6.05. The maximum atomic E-state index is 13.7. The predicted molar refractivity (Wildman–Crippen MR) is 137 cm³/mol. The maximum absolute atomic E-state index is 13.7. The number of halogens is 3. The van der Waals surface area contributed by atoms with Crippen molar-refractivity contribution < 1.29 is 35.8 Å². The van der Waals surface area contributed by atoms with E-state index in [1.54, 1.807) is 55.5 Å². The van der Waals surface area contributed by atoms with Gasteiger partial charge < -0.3 is 13.7 Å². The van der Waals surface area contributed by atoms with Gasteiger partial charge in [0.2, 0.25) is 0 Å².